The molecule has 0 unspecified atom stereocenters. The fourth-order valence-electron chi connectivity index (χ4n) is 0.750. The Labute approximate surface area is 92.4 Å². The van der Waals surface area contributed by atoms with Gasteiger partial charge in [0.1, 0.15) is 13.2 Å². The number of nitrogens with zero attached hydrogens (tertiary/aromatic N) is 1. The van der Waals surface area contributed by atoms with Crippen molar-refractivity contribution in [3.05, 3.63) is 0 Å². The van der Waals surface area contributed by atoms with Gasteiger partial charge in [-0.25, -0.2) is 9.68 Å². The van der Waals surface area contributed by atoms with Gasteiger partial charge in [-0.3, -0.25) is 9.59 Å². The van der Waals surface area contributed by atoms with E-state index in [4.69, 9.17) is 25.6 Å². The molecule has 0 radical (unpaired) electrons. The van der Waals surface area contributed by atoms with Crippen molar-refractivity contribution in [3.8, 4) is 0 Å². The van der Waals surface area contributed by atoms with E-state index in [1.807, 2.05) is 0 Å². The van der Waals surface area contributed by atoms with Crippen LogP contribution in [0.1, 0.15) is 12.8 Å². The van der Waals surface area contributed by atoms with Crippen LogP contribution < -0.4 is 5.73 Å². The van der Waals surface area contributed by atoms with Gasteiger partial charge in [-0.05, 0) is 0 Å². The first-order chi connectivity index (χ1) is 7.61. The molecule has 0 saturated carbocycles. The van der Waals surface area contributed by atoms with Gasteiger partial charge in [-0.15, -0.1) is 0 Å². The van der Waals surface area contributed by atoms with Crippen LogP contribution in [0.25, 0.3) is 0 Å². The van der Waals surface area contributed by atoms with E-state index < -0.39 is 11.8 Å². The first kappa shape index (κ1) is 14.8. The maximum Gasteiger partial charge on any atom is 0.274 e. The maximum atomic E-state index is 11.4. The molecule has 0 aliphatic heterocycles. The van der Waals surface area contributed by atoms with Crippen molar-refractivity contribution in [2.24, 2.45) is 5.73 Å². The molecule has 8 nitrogen and oxygen atoms in total. The summed E-state index contributed by atoms with van der Waals surface area (Å²) in [5.74, 6) is -1.22. The molecule has 0 aliphatic carbocycles. The monoisotopic (exact) mass is 236 g/mol. The highest BCUT2D eigenvalue weighted by Gasteiger charge is 2.16. The van der Waals surface area contributed by atoms with E-state index in [2.05, 4.69) is 0 Å². The maximum absolute atomic E-state index is 11.4. The number of aliphatic hydroxyl groups excluding tert-OH is 2. The highest BCUT2D eigenvalue weighted by molar-refractivity contribution is 5.81. The Kier molecular flexibility index (Phi) is 8.35. The first-order valence-electron chi connectivity index (χ1n) is 4.70. The molecule has 0 saturated heterocycles. The Morgan fingerprint density at radius 1 is 1.06 bits per heavy atom. The van der Waals surface area contributed by atoms with Gasteiger partial charge in [0.2, 0.25) is 5.91 Å². The van der Waals surface area contributed by atoms with Gasteiger partial charge in [-0.1, -0.05) is 5.23 Å². The van der Waals surface area contributed by atoms with Crippen molar-refractivity contribution in [2.45, 2.75) is 12.8 Å². The van der Waals surface area contributed by atoms with Crippen molar-refractivity contribution in [2.75, 3.05) is 26.4 Å². The van der Waals surface area contributed by atoms with Crippen molar-refractivity contribution in [1.82, 2.24) is 5.23 Å². The molecule has 0 aliphatic rings. The molecule has 94 valence electrons. The standard InChI is InChI=1S/C8H16N2O6/c9-7(13)1-2-8(14)10(15-5-3-11)16-6-4-12/h11-12H,1-6H2,(H2,9,13). The Morgan fingerprint density at radius 2 is 1.56 bits per heavy atom. The van der Waals surface area contributed by atoms with Crippen LogP contribution in [0.5, 0.6) is 0 Å². The van der Waals surface area contributed by atoms with Gasteiger partial charge in [0.05, 0.1) is 13.2 Å². The minimum atomic E-state index is -0.613. The third-order valence-electron chi connectivity index (χ3n) is 1.39. The molecular weight excluding hydrogens is 220 g/mol. The Hall–Kier alpha value is -1.22. The molecule has 2 amide bonds. The second-order valence-corrected chi connectivity index (χ2v) is 2.73. The van der Waals surface area contributed by atoms with Gasteiger partial charge in [0, 0.05) is 12.8 Å². The van der Waals surface area contributed by atoms with E-state index in [0.717, 1.165) is 0 Å². The highest BCUT2D eigenvalue weighted by Crippen LogP contribution is 2.00. The second-order valence-electron chi connectivity index (χ2n) is 2.73. The van der Waals surface area contributed by atoms with Crippen LogP contribution in [-0.2, 0) is 19.3 Å². The predicted octanol–water partition coefficient (Wildman–Crippen LogP) is -2.07. The fraction of sp³-hybridized carbons (Fsp3) is 0.750. The van der Waals surface area contributed by atoms with Gasteiger partial charge in [0.25, 0.3) is 5.91 Å². The third kappa shape index (κ3) is 7.12. The van der Waals surface area contributed by atoms with Gasteiger partial charge >= 0.3 is 0 Å². The Balaban J connectivity index is 4.03. The molecule has 0 aromatic heterocycles. The van der Waals surface area contributed by atoms with Crippen LogP contribution in [0.4, 0.5) is 0 Å². The SMILES string of the molecule is NC(=O)CCC(=O)N(OCCO)OCCO. The minimum Gasteiger partial charge on any atom is -0.394 e. The van der Waals surface area contributed by atoms with Crippen LogP contribution in [-0.4, -0.2) is 53.7 Å². The molecule has 0 atom stereocenters. The number of carbonyl (C=O) groups excluding carboxylic acids is 2. The van der Waals surface area contributed by atoms with Crippen molar-refractivity contribution >= 4 is 11.8 Å². The van der Waals surface area contributed by atoms with E-state index in [-0.39, 0.29) is 39.3 Å². The molecule has 0 rings (SSSR count). The molecule has 0 spiro atoms. The zero-order valence-corrected chi connectivity index (χ0v) is 8.79. The van der Waals surface area contributed by atoms with Crippen LogP contribution in [0.15, 0.2) is 0 Å². The topological polar surface area (TPSA) is 122 Å². The van der Waals surface area contributed by atoms with E-state index in [0.29, 0.717) is 5.23 Å². The summed E-state index contributed by atoms with van der Waals surface area (Å²) in [6.45, 7) is -0.842. The molecule has 8 heteroatoms. The average Bonchev–Trinajstić information content (AvgIpc) is 2.26. The largest absolute Gasteiger partial charge is 0.394 e. The second kappa shape index (κ2) is 9.04. The molecule has 16 heavy (non-hydrogen) atoms. The van der Waals surface area contributed by atoms with Gasteiger partial charge in [-0.2, -0.15) is 0 Å². The summed E-state index contributed by atoms with van der Waals surface area (Å²) in [7, 11) is 0. The normalized spacial score (nSPS) is 10.1. The Morgan fingerprint density at radius 3 is 1.94 bits per heavy atom. The summed E-state index contributed by atoms with van der Waals surface area (Å²) in [6.07, 6.45) is -0.285. The smallest absolute Gasteiger partial charge is 0.274 e. The molecule has 0 fully saturated rings. The summed E-state index contributed by atoms with van der Waals surface area (Å²) in [5.41, 5.74) is 4.87. The number of hydrogen-bond acceptors (Lipinski definition) is 6. The molecule has 0 bridgehead atoms. The number of hydroxylamine groups is 2. The number of aliphatic hydroxyl groups is 2. The summed E-state index contributed by atoms with van der Waals surface area (Å²) in [4.78, 5) is 31.3. The van der Waals surface area contributed by atoms with E-state index in [1.54, 1.807) is 0 Å². The van der Waals surface area contributed by atoms with Crippen LogP contribution in [0.2, 0.25) is 0 Å². The number of carbonyl (C=O) groups is 2. The fourth-order valence-corrected chi connectivity index (χ4v) is 0.750. The van der Waals surface area contributed by atoms with E-state index in [1.165, 1.54) is 0 Å². The van der Waals surface area contributed by atoms with Crippen LogP contribution in [0.3, 0.4) is 0 Å². The van der Waals surface area contributed by atoms with Crippen LogP contribution >= 0.6 is 0 Å². The molecular formula is C8H16N2O6. The lowest BCUT2D eigenvalue weighted by atomic mass is 10.3. The van der Waals surface area contributed by atoms with E-state index in [9.17, 15) is 9.59 Å². The molecule has 0 heterocycles. The zero-order valence-electron chi connectivity index (χ0n) is 8.79. The van der Waals surface area contributed by atoms with Gasteiger partial charge < -0.3 is 15.9 Å². The lowest BCUT2D eigenvalue weighted by molar-refractivity contribution is -0.345. The van der Waals surface area contributed by atoms with E-state index >= 15 is 0 Å². The highest BCUT2D eigenvalue weighted by atomic mass is 17.0. The zero-order chi connectivity index (χ0) is 12.4. The molecule has 0 aromatic carbocycles. The lowest BCUT2D eigenvalue weighted by Gasteiger charge is -2.19. The number of amides is 2. The van der Waals surface area contributed by atoms with Crippen LogP contribution in [0, 0.1) is 0 Å². The number of rotatable bonds is 9. The third-order valence-corrected chi connectivity index (χ3v) is 1.39. The summed E-state index contributed by atoms with van der Waals surface area (Å²) >= 11 is 0. The minimum absolute atomic E-state index is 0.125. The molecule has 0 aromatic rings. The number of primary amides is 1. The summed E-state index contributed by atoms with van der Waals surface area (Å²) < 4.78 is 0. The lowest BCUT2D eigenvalue weighted by Crippen LogP contribution is -2.34. The van der Waals surface area contributed by atoms with Crippen molar-refractivity contribution in [3.63, 3.8) is 0 Å². The molecule has 4 N–H and O–H groups in total. The summed E-state index contributed by atoms with van der Waals surface area (Å²) in [5, 5.41) is 17.5. The predicted molar refractivity (Wildman–Crippen MR) is 51.4 cm³/mol. The quantitative estimate of drug-likeness (QED) is 0.395. The van der Waals surface area contributed by atoms with Crippen molar-refractivity contribution in [1.29, 1.82) is 0 Å². The average molecular weight is 236 g/mol. The van der Waals surface area contributed by atoms with Crippen molar-refractivity contribution < 1.29 is 29.5 Å². The number of hydrogen-bond donors (Lipinski definition) is 3. The summed E-state index contributed by atoms with van der Waals surface area (Å²) in [6, 6.07) is 0. The first-order valence-corrected chi connectivity index (χ1v) is 4.70. The Bertz CT molecular complexity index is 215. The number of nitrogens with two attached hydrogens (primary N) is 1. The van der Waals surface area contributed by atoms with Gasteiger partial charge in [0.15, 0.2) is 0 Å².